The summed E-state index contributed by atoms with van der Waals surface area (Å²) in [6.45, 7) is 4.23. The largest absolute Gasteiger partial charge is 0.393 e. The first-order valence-corrected chi connectivity index (χ1v) is 9.68. The Morgan fingerprint density at radius 2 is 1.74 bits per heavy atom. The second-order valence-corrected chi connectivity index (χ2v) is 7.32. The van der Waals surface area contributed by atoms with E-state index >= 15 is 0 Å². The molecular weight excluding hydrogens is 385 g/mol. The van der Waals surface area contributed by atoms with Crippen LogP contribution in [0.5, 0.6) is 0 Å². The van der Waals surface area contributed by atoms with E-state index in [1.807, 2.05) is 36.4 Å². The van der Waals surface area contributed by atoms with Gasteiger partial charge in [0.25, 0.3) is 0 Å². The molecule has 27 heavy (non-hydrogen) atoms. The van der Waals surface area contributed by atoms with E-state index < -0.39 is 6.10 Å². The molecule has 2 aromatic rings. The fourth-order valence-corrected chi connectivity index (χ4v) is 3.39. The van der Waals surface area contributed by atoms with Crippen molar-refractivity contribution in [2.45, 2.75) is 6.10 Å². The van der Waals surface area contributed by atoms with Gasteiger partial charge in [-0.15, -0.1) is 0 Å². The number of hydrogen-bond donors (Lipinski definition) is 1. The van der Waals surface area contributed by atoms with Gasteiger partial charge >= 0.3 is 0 Å². The summed E-state index contributed by atoms with van der Waals surface area (Å²) < 4.78 is 0. The van der Waals surface area contributed by atoms with Crippen molar-refractivity contribution in [3.05, 3.63) is 64.1 Å². The number of nitrogens with zero attached hydrogens (tertiary/aromatic N) is 3. The minimum absolute atomic E-state index is 0.162. The van der Waals surface area contributed by atoms with Gasteiger partial charge in [0.15, 0.2) is 0 Å². The van der Waals surface area contributed by atoms with E-state index in [4.69, 9.17) is 28.0 Å². The minimum Gasteiger partial charge on any atom is -0.393 e. The lowest BCUT2D eigenvalue weighted by Crippen LogP contribution is -2.49. The molecule has 144 valence electrons. The summed E-state index contributed by atoms with van der Waals surface area (Å²) in [6, 6.07) is 15.2. The fourth-order valence-electron chi connectivity index (χ4n) is 3.01. The maximum absolute atomic E-state index is 10.2. The zero-order chi connectivity index (χ0) is 19.1. The zero-order valence-electron chi connectivity index (χ0n) is 15.0. The molecule has 0 aromatic heterocycles. The molecule has 0 saturated carbocycles. The summed E-state index contributed by atoms with van der Waals surface area (Å²) >= 11 is 12.1. The van der Waals surface area contributed by atoms with E-state index in [0.717, 1.165) is 42.5 Å². The Morgan fingerprint density at radius 1 is 1.04 bits per heavy atom. The van der Waals surface area contributed by atoms with Crippen LogP contribution >= 0.6 is 23.2 Å². The van der Waals surface area contributed by atoms with Gasteiger partial charge in [0.2, 0.25) is 0 Å². The molecule has 1 fully saturated rings. The van der Waals surface area contributed by atoms with E-state index in [1.54, 1.807) is 18.3 Å². The summed E-state index contributed by atoms with van der Waals surface area (Å²) in [4.78, 5) is 9.71. The second kappa shape index (κ2) is 9.95. The molecule has 3 rings (SSSR count). The Labute approximate surface area is 169 Å². The molecule has 0 bridgehead atoms. The van der Waals surface area contributed by atoms with Crippen LogP contribution in [0.15, 0.2) is 53.7 Å². The van der Waals surface area contributed by atoms with E-state index in [1.165, 1.54) is 0 Å². The Hall–Kier alpha value is -1.79. The fraction of sp³-hybridized carbons (Fsp3) is 0.350. The molecule has 0 radical (unpaired) electrons. The average molecular weight is 408 g/mol. The molecule has 1 unspecified atom stereocenters. The van der Waals surface area contributed by atoms with Crippen LogP contribution in [0.4, 0.5) is 5.69 Å². The summed E-state index contributed by atoms with van der Waals surface area (Å²) in [5, 5.41) is 15.5. The van der Waals surface area contributed by atoms with Crippen LogP contribution in [0.25, 0.3) is 0 Å². The summed E-state index contributed by atoms with van der Waals surface area (Å²) in [6.07, 6.45) is 1.02. The number of β-amino-alcohol motifs (C(OH)–C–C–N with tert-alkyl or cyclic N) is 1. The van der Waals surface area contributed by atoms with Gasteiger partial charge in [0.1, 0.15) is 12.7 Å². The molecule has 0 spiro atoms. The highest BCUT2D eigenvalue weighted by Crippen LogP contribution is 2.26. The molecule has 0 amide bonds. The Balaban J connectivity index is 1.37. The zero-order valence-corrected chi connectivity index (χ0v) is 16.5. The number of anilines is 1. The summed E-state index contributed by atoms with van der Waals surface area (Å²) in [5.74, 6) is 0. The Bertz CT molecular complexity index is 747. The predicted octanol–water partition coefficient (Wildman–Crippen LogP) is 3.53. The molecule has 1 heterocycles. The van der Waals surface area contributed by atoms with Crippen LogP contribution in [0, 0.1) is 0 Å². The lowest BCUT2D eigenvalue weighted by molar-refractivity contribution is 0.0187. The molecule has 0 aliphatic carbocycles. The number of piperazine rings is 1. The van der Waals surface area contributed by atoms with Crippen LogP contribution < -0.4 is 4.90 Å². The van der Waals surface area contributed by atoms with Crippen molar-refractivity contribution in [1.29, 1.82) is 0 Å². The number of aliphatic hydroxyl groups is 1. The Kier molecular flexibility index (Phi) is 7.35. The van der Waals surface area contributed by atoms with Crippen LogP contribution in [-0.2, 0) is 4.84 Å². The number of rotatable bonds is 7. The standard InChI is InChI=1S/C20H23Cl2N3O2/c21-17-7-5-16(6-8-17)13-23-27-15-18(26)14-24-9-11-25(12-10-24)20-4-2-1-3-19(20)22/h1-8,13,18,26H,9-12,14-15H2/b23-13-. The number of benzene rings is 2. The maximum atomic E-state index is 10.2. The number of aliphatic hydroxyl groups excluding tert-OH is 1. The SMILES string of the molecule is OC(CO/N=C\c1ccc(Cl)cc1)CN1CCN(c2ccccc2Cl)CC1. The highest BCUT2D eigenvalue weighted by Gasteiger charge is 2.20. The van der Waals surface area contributed by atoms with Crippen LogP contribution in [0.3, 0.4) is 0 Å². The monoisotopic (exact) mass is 407 g/mol. The van der Waals surface area contributed by atoms with Crippen molar-refractivity contribution in [2.75, 3.05) is 44.2 Å². The Morgan fingerprint density at radius 3 is 2.44 bits per heavy atom. The smallest absolute Gasteiger partial charge is 0.144 e. The molecule has 1 atom stereocenters. The van der Waals surface area contributed by atoms with Gasteiger partial charge in [-0.1, -0.05) is 52.6 Å². The van der Waals surface area contributed by atoms with Crippen molar-refractivity contribution >= 4 is 35.1 Å². The van der Waals surface area contributed by atoms with Gasteiger partial charge in [-0.25, -0.2) is 0 Å². The molecule has 5 nitrogen and oxygen atoms in total. The van der Waals surface area contributed by atoms with E-state index in [0.29, 0.717) is 11.6 Å². The quantitative estimate of drug-likeness (QED) is 0.563. The molecule has 1 aliphatic rings. The van der Waals surface area contributed by atoms with Gasteiger partial charge < -0.3 is 14.8 Å². The average Bonchev–Trinajstić information content (AvgIpc) is 2.68. The normalized spacial score (nSPS) is 16.6. The highest BCUT2D eigenvalue weighted by atomic mass is 35.5. The lowest BCUT2D eigenvalue weighted by atomic mass is 10.2. The van der Waals surface area contributed by atoms with E-state index in [2.05, 4.69) is 15.0 Å². The number of halogens is 2. The van der Waals surface area contributed by atoms with Crippen molar-refractivity contribution in [3.63, 3.8) is 0 Å². The number of para-hydroxylation sites is 1. The third kappa shape index (κ3) is 6.11. The molecule has 1 aliphatic heterocycles. The molecule has 2 aromatic carbocycles. The second-order valence-electron chi connectivity index (χ2n) is 6.47. The first-order chi connectivity index (χ1) is 13.1. The molecule has 1 N–H and O–H groups in total. The van der Waals surface area contributed by atoms with E-state index in [-0.39, 0.29) is 6.61 Å². The lowest BCUT2D eigenvalue weighted by Gasteiger charge is -2.37. The highest BCUT2D eigenvalue weighted by molar-refractivity contribution is 6.33. The molecular formula is C20H23Cl2N3O2. The van der Waals surface area contributed by atoms with Crippen molar-refractivity contribution in [3.8, 4) is 0 Å². The molecule has 1 saturated heterocycles. The minimum atomic E-state index is -0.584. The summed E-state index contributed by atoms with van der Waals surface area (Å²) in [7, 11) is 0. The topological polar surface area (TPSA) is 48.3 Å². The van der Waals surface area contributed by atoms with Crippen LogP contribution in [0.2, 0.25) is 10.0 Å². The van der Waals surface area contributed by atoms with Crippen molar-refractivity contribution < 1.29 is 9.94 Å². The van der Waals surface area contributed by atoms with E-state index in [9.17, 15) is 5.11 Å². The van der Waals surface area contributed by atoms with Crippen LogP contribution in [0.1, 0.15) is 5.56 Å². The first-order valence-electron chi connectivity index (χ1n) is 8.92. The van der Waals surface area contributed by atoms with Crippen LogP contribution in [-0.4, -0.2) is 61.7 Å². The number of hydrogen-bond acceptors (Lipinski definition) is 5. The molecule has 7 heteroatoms. The van der Waals surface area contributed by atoms with Gasteiger partial charge in [0.05, 0.1) is 16.9 Å². The third-order valence-electron chi connectivity index (χ3n) is 4.45. The first kappa shape index (κ1) is 20.0. The third-order valence-corrected chi connectivity index (χ3v) is 5.02. The number of oxime groups is 1. The van der Waals surface area contributed by atoms with Gasteiger partial charge in [-0.2, -0.15) is 0 Å². The van der Waals surface area contributed by atoms with Crippen molar-refractivity contribution in [1.82, 2.24) is 4.90 Å². The van der Waals surface area contributed by atoms with Crippen molar-refractivity contribution in [2.24, 2.45) is 5.16 Å². The van der Waals surface area contributed by atoms with Gasteiger partial charge in [-0.05, 0) is 29.8 Å². The predicted molar refractivity (Wildman–Crippen MR) is 111 cm³/mol. The maximum Gasteiger partial charge on any atom is 0.144 e. The van der Waals surface area contributed by atoms with Gasteiger partial charge in [-0.3, -0.25) is 4.90 Å². The van der Waals surface area contributed by atoms with Gasteiger partial charge in [0, 0.05) is 37.7 Å². The summed E-state index contributed by atoms with van der Waals surface area (Å²) in [5.41, 5.74) is 1.96.